The summed E-state index contributed by atoms with van der Waals surface area (Å²) in [6.07, 6.45) is 8.27. The van der Waals surface area contributed by atoms with Gasteiger partial charge in [-0.3, -0.25) is 0 Å². The molecule has 3 unspecified atom stereocenters. The number of likely N-dealkylation sites (N-methyl/N-ethyl adjacent to an activating group) is 1. The maximum Gasteiger partial charge on any atom is 0.0728 e. The van der Waals surface area contributed by atoms with Crippen LogP contribution in [-0.2, 0) is 9.47 Å². The van der Waals surface area contributed by atoms with Crippen molar-refractivity contribution >= 4 is 0 Å². The van der Waals surface area contributed by atoms with Crippen molar-refractivity contribution < 1.29 is 9.47 Å². The zero-order valence-corrected chi connectivity index (χ0v) is 9.71. The van der Waals surface area contributed by atoms with E-state index in [1.54, 1.807) is 0 Å². The summed E-state index contributed by atoms with van der Waals surface area (Å²) in [5.41, 5.74) is 0. The first-order chi connectivity index (χ1) is 7.40. The number of hydrogen-bond acceptors (Lipinski definition) is 3. The second-order valence-corrected chi connectivity index (χ2v) is 4.66. The quantitative estimate of drug-likeness (QED) is 0.754. The third kappa shape index (κ3) is 3.16. The lowest BCUT2D eigenvalue weighted by Gasteiger charge is -2.23. The first-order valence-electron chi connectivity index (χ1n) is 6.30. The number of rotatable bonds is 5. The summed E-state index contributed by atoms with van der Waals surface area (Å²) < 4.78 is 11.4. The molecule has 2 aliphatic rings. The van der Waals surface area contributed by atoms with E-state index in [9.17, 15) is 0 Å². The van der Waals surface area contributed by atoms with E-state index in [4.69, 9.17) is 9.47 Å². The van der Waals surface area contributed by atoms with Gasteiger partial charge in [-0.15, -0.1) is 0 Å². The molecule has 88 valence electrons. The Labute approximate surface area is 92.5 Å². The van der Waals surface area contributed by atoms with Gasteiger partial charge in [-0.1, -0.05) is 0 Å². The molecule has 15 heavy (non-hydrogen) atoms. The van der Waals surface area contributed by atoms with Crippen molar-refractivity contribution in [3.05, 3.63) is 0 Å². The first kappa shape index (κ1) is 11.4. The SMILES string of the molecule is CNC(CCC1CCCO1)C1CCCO1. The fourth-order valence-corrected chi connectivity index (χ4v) is 2.67. The monoisotopic (exact) mass is 213 g/mol. The third-order valence-electron chi connectivity index (χ3n) is 3.61. The van der Waals surface area contributed by atoms with Gasteiger partial charge in [0.2, 0.25) is 0 Å². The molecule has 0 aromatic heterocycles. The minimum absolute atomic E-state index is 0.441. The van der Waals surface area contributed by atoms with Gasteiger partial charge in [-0.25, -0.2) is 0 Å². The molecule has 0 aromatic carbocycles. The Morgan fingerprint density at radius 2 is 2.00 bits per heavy atom. The van der Waals surface area contributed by atoms with Gasteiger partial charge in [0, 0.05) is 19.3 Å². The summed E-state index contributed by atoms with van der Waals surface area (Å²) in [4.78, 5) is 0. The maximum atomic E-state index is 5.72. The van der Waals surface area contributed by atoms with E-state index in [0.717, 1.165) is 13.2 Å². The molecule has 2 aliphatic heterocycles. The van der Waals surface area contributed by atoms with Crippen molar-refractivity contribution in [2.24, 2.45) is 0 Å². The fourth-order valence-electron chi connectivity index (χ4n) is 2.67. The normalized spacial score (nSPS) is 33.4. The van der Waals surface area contributed by atoms with Crippen LogP contribution in [0.2, 0.25) is 0 Å². The molecule has 2 fully saturated rings. The Hall–Kier alpha value is -0.120. The lowest BCUT2D eigenvalue weighted by molar-refractivity contribution is 0.0627. The molecule has 0 amide bonds. The number of nitrogens with one attached hydrogen (secondary N) is 1. The first-order valence-corrected chi connectivity index (χ1v) is 6.30. The van der Waals surface area contributed by atoms with E-state index in [1.807, 2.05) is 7.05 Å². The summed E-state index contributed by atoms with van der Waals surface area (Å²) in [6.45, 7) is 1.91. The molecule has 1 N–H and O–H groups in total. The molecule has 3 heteroatoms. The smallest absolute Gasteiger partial charge is 0.0728 e. The zero-order valence-electron chi connectivity index (χ0n) is 9.71. The highest BCUT2D eigenvalue weighted by Gasteiger charge is 2.26. The van der Waals surface area contributed by atoms with E-state index in [-0.39, 0.29) is 0 Å². The Kier molecular flexibility index (Phi) is 4.42. The van der Waals surface area contributed by atoms with Gasteiger partial charge in [-0.2, -0.15) is 0 Å². The molecular formula is C12H23NO2. The maximum absolute atomic E-state index is 5.72. The lowest BCUT2D eigenvalue weighted by Crippen LogP contribution is -2.37. The zero-order chi connectivity index (χ0) is 10.5. The van der Waals surface area contributed by atoms with Crippen LogP contribution in [0.4, 0.5) is 0 Å². The summed E-state index contributed by atoms with van der Waals surface area (Å²) in [6, 6.07) is 0.525. The highest BCUT2D eigenvalue weighted by atomic mass is 16.5. The molecule has 2 saturated heterocycles. The number of ether oxygens (including phenoxy) is 2. The molecule has 0 radical (unpaired) electrons. The second kappa shape index (κ2) is 5.83. The van der Waals surface area contributed by atoms with Crippen molar-refractivity contribution in [2.75, 3.05) is 20.3 Å². The average Bonchev–Trinajstić information content (AvgIpc) is 2.90. The van der Waals surface area contributed by atoms with Gasteiger partial charge in [-0.05, 0) is 45.6 Å². The van der Waals surface area contributed by atoms with Crippen molar-refractivity contribution in [1.29, 1.82) is 0 Å². The molecular weight excluding hydrogens is 190 g/mol. The average molecular weight is 213 g/mol. The molecule has 0 spiro atoms. The Bertz CT molecular complexity index is 174. The summed E-state index contributed by atoms with van der Waals surface area (Å²) >= 11 is 0. The van der Waals surface area contributed by atoms with E-state index in [2.05, 4.69) is 5.32 Å². The standard InChI is InChI=1S/C12H23NO2/c1-13-11(12-5-3-9-15-12)7-6-10-4-2-8-14-10/h10-13H,2-9H2,1H3. The largest absolute Gasteiger partial charge is 0.378 e. The van der Waals surface area contributed by atoms with Crippen LogP contribution in [0.1, 0.15) is 38.5 Å². The topological polar surface area (TPSA) is 30.5 Å². The third-order valence-corrected chi connectivity index (χ3v) is 3.61. The van der Waals surface area contributed by atoms with Gasteiger partial charge >= 0.3 is 0 Å². The van der Waals surface area contributed by atoms with E-state index in [1.165, 1.54) is 38.5 Å². The molecule has 0 aromatic rings. The summed E-state index contributed by atoms with van der Waals surface area (Å²) in [5, 5.41) is 3.39. The predicted octanol–water partition coefficient (Wildman–Crippen LogP) is 1.71. The van der Waals surface area contributed by atoms with Crippen molar-refractivity contribution in [3.63, 3.8) is 0 Å². The van der Waals surface area contributed by atoms with Crippen molar-refractivity contribution in [2.45, 2.75) is 56.8 Å². The highest BCUT2D eigenvalue weighted by molar-refractivity contribution is 4.80. The molecule has 2 heterocycles. The van der Waals surface area contributed by atoms with Gasteiger partial charge < -0.3 is 14.8 Å². The Morgan fingerprint density at radius 1 is 1.20 bits per heavy atom. The Morgan fingerprint density at radius 3 is 2.60 bits per heavy atom. The highest BCUT2D eigenvalue weighted by Crippen LogP contribution is 2.22. The second-order valence-electron chi connectivity index (χ2n) is 4.66. The molecule has 0 aliphatic carbocycles. The Balaban J connectivity index is 1.69. The lowest BCUT2D eigenvalue weighted by atomic mass is 10.00. The number of hydrogen-bond donors (Lipinski definition) is 1. The van der Waals surface area contributed by atoms with Crippen LogP contribution in [0.5, 0.6) is 0 Å². The predicted molar refractivity (Wildman–Crippen MR) is 60.0 cm³/mol. The van der Waals surface area contributed by atoms with Gasteiger partial charge in [0.15, 0.2) is 0 Å². The van der Waals surface area contributed by atoms with Crippen LogP contribution < -0.4 is 5.32 Å². The van der Waals surface area contributed by atoms with Crippen molar-refractivity contribution in [1.82, 2.24) is 5.32 Å². The van der Waals surface area contributed by atoms with E-state index >= 15 is 0 Å². The molecule has 2 rings (SSSR count). The summed E-state index contributed by atoms with van der Waals surface area (Å²) in [7, 11) is 2.04. The van der Waals surface area contributed by atoms with Crippen LogP contribution in [0.15, 0.2) is 0 Å². The van der Waals surface area contributed by atoms with Gasteiger partial charge in [0.25, 0.3) is 0 Å². The molecule has 0 bridgehead atoms. The molecule has 0 saturated carbocycles. The van der Waals surface area contributed by atoms with E-state index < -0.39 is 0 Å². The van der Waals surface area contributed by atoms with Gasteiger partial charge in [0.1, 0.15) is 0 Å². The fraction of sp³-hybridized carbons (Fsp3) is 1.00. The molecule has 3 nitrogen and oxygen atoms in total. The van der Waals surface area contributed by atoms with Crippen LogP contribution in [0, 0.1) is 0 Å². The van der Waals surface area contributed by atoms with E-state index in [0.29, 0.717) is 18.2 Å². The minimum atomic E-state index is 0.441. The summed E-state index contributed by atoms with van der Waals surface area (Å²) in [5.74, 6) is 0. The van der Waals surface area contributed by atoms with Crippen molar-refractivity contribution in [3.8, 4) is 0 Å². The van der Waals surface area contributed by atoms with Gasteiger partial charge in [0.05, 0.1) is 12.2 Å². The van der Waals surface area contributed by atoms with Crippen LogP contribution >= 0.6 is 0 Å². The minimum Gasteiger partial charge on any atom is -0.378 e. The molecule has 3 atom stereocenters. The van der Waals surface area contributed by atoms with Crippen LogP contribution in [0.25, 0.3) is 0 Å². The van der Waals surface area contributed by atoms with Crippen LogP contribution in [-0.4, -0.2) is 38.5 Å². The van der Waals surface area contributed by atoms with Crippen LogP contribution in [0.3, 0.4) is 0 Å².